The van der Waals surface area contributed by atoms with Crippen molar-refractivity contribution in [2.45, 2.75) is 57.7 Å². The second-order valence-corrected chi connectivity index (χ2v) is 8.13. The van der Waals surface area contributed by atoms with Gasteiger partial charge in [0, 0.05) is 39.0 Å². The number of alkyl halides is 1. The van der Waals surface area contributed by atoms with Crippen LogP contribution in [0.2, 0.25) is 0 Å². The number of hydrogen-bond donors (Lipinski definition) is 0. The first-order chi connectivity index (χ1) is 12.1. The Balaban J connectivity index is 1.68. The van der Waals surface area contributed by atoms with Crippen molar-refractivity contribution in [1.82, 2.24) is 9.80 Å². The summed E-state index contributed by atoms with van der Waals surface area (Å²) in [6, 6.07) is 0. The first-order valence-corrected chi connectivity index (χ1v) is 9.17. The van der Waals surface area contributed by atoms with E-state index in [4.69, 9.17) is 9.47 Å². The Hall–Kier alpha value is -1.86. The van der Waals surface area contributed by atoms with E-state index >= 15 is 0 Å². The zero-order valence-electron chi connectivity index (χ0n) is 15.8. The van der Waals surface area contributed by atoms with Crippen LogP contribution in [0.25, 0.3) is 0 Å². The van der Waals surface area contributed by atoms with Crippen molar-refractivity contribution in [3.05, 3.63) is 0 Å². The maximum absolute atomic E-state index is 13.8. The molecule has 0 radical (unpaired) electrons. The molecule has 2 aliphatic heterocycles. The van der Waals surface area contributed by atoms with E-state index in [1.807, 2.05) is 20.8 Å². The van der Waals surface area contributed by atoms with E-state index < -0.39 is 17.4 Å². The van der Waals surface area contributed by atoms with Crippen LogP contribution in [0.1, 0.15) is 46.5 Å². The van der Waals surface area contributed by atoms with Gasteiger partial charge in [-0.2, -0.15) is 0 Å². The molecule has 2 heterocycles. The molecule has 0 aromatic carbocycles. The van der Waals surface area contributed by atoms with Gasteiger partial charge >= 0.3 is 12.2 Å². The number of carbonyl (C=O) groups is 3. The van der Waals surface area contributed by atoms with Crippen molar-refractivity contribution in [2.24, 2.45) is 5.92 Å². The molecule has 0 spiro atoms. The van der Waals surface area contributed by atoms with Crippen LogP contribution in [0.4, 0.5) is 14.0 Å². The molecule has 7 nitrogen and oxygen atoms in total. The fourth-order valence-electron chi connectivity index (χ4n) is 3.07. The van der Waals surface area contributed by atoms with Gasteiger partial charge < -0.3 is 19.3 Å². The number of likely N-dealkylation sites (tertiary alicyclic amines) is 2. The Labute approximate surface area is 153 Å². The first kappa shape index (κ1) is 20.5. The standard InChI is InChI=1S/C18H29FN2O5/c1-17(2,3)26-16(24)20-8-4-14(5-9-20)12-25-15(23)21-10-6-18(19,13-22)7-11-21/h13-14H,4-12H2,1-3H3. The number of aldehydes is 1. The lowest BCUT2D eigenvalue weighted by Gasteiger charge is -2.34. The van der Waals surface area contributed by atoms with Crippen molar-refractivity contribution in [3.8, 4) is 0 Å². The average Bonchev–Trinajstić information content (AvgIpc) is 2.59. The highest BCUT2D eigenvalue weighted by Gasteiger charge is 2.36. The number of carbonyl (C=O) groups excluding carboxylic acids is 3. The Morgan fingerprint density at radius 3 is 2.12 bits per heavy atom. The smallest absolute Gasteiger partial charge is 0.410 e. The van der Waals surface area contributed by atoms with Crippen molar-refractivity contribution >= 4 is 18.5 Å². The molecule has 8 heteroatoms. The maximum atomic E-state index is 13.8. The molecule has 2 amide bonds. The SMILES string of the molecule is CC(C)(C)OC(=O)N1CCC(COC(=O)N2CCC(F)(C=O)CC2)CC1. The van der Waals surface area contributed by atoms with Gasteiger partial charge in [-0.05, 0) is 39.5 Å². The van der Waals surface area contributed by atoms with Crippen molar-refractivity contribution in [2.75, 3.05) is 32.8 Å². The minimum atomic E-state index is -1.81. The highest BCUT2D eigenvalue weighted by atomic mass is 19.1. The van der Waals surface area contributed by atoms with Gasteiger partial charge in [0.15, 0.2) is 12.0 Å². The van der Waals surface area contributed by atoms with Crippen LogP contribution in [0.15, 0.2) is 0 Å². The molecule has 0 bridgehead atoms. The number of rotatable bonds is 3. The Kier molecular flexibility index (Phi) is 6.47. The summed E-state index contributed by atoms with van der Waals surface area (Å²) in [5.74, 6) is 0.192. The summed E-state index contributed by atoms with van der Waals surface area (Å²) in [5.41, 5.74) is -2.33. The van der Waals surface area contributed by atoms with Crippen LogP contribution in [-0.4, -0.2) is 72.3 Å². The minimum Gasteiger partial charge on any atom is -0.449 e. The van der Waals surface area contributed by atoms with E-state index in [-0.39, 0.29) is 44.5 Å². The number of hydrogen-bond acceptors (Lipinski definition) is 5. The fraction of sp³-hybridized carbons (Fsp3) is 0.833. The van der Waals surface area contributed by atoms with Gasteiger partial charge in [0.05, 0.1) is 6.61 Å². The van der Waals surface area contributed by atoms with Crippen molar-refractivity contribution < 1.29 is 28.2 Å². The molecule has 0 aromatic heterocycles. The largest absolute Gasteiger partial charge is 0.449 e. The molecule has 2 saturated heterocycles. The minimum absolute atomic E-state index is 0.0138. The Bertz CT molecular complexity index is 518. The van der Waals surface area contributed by atoms with E-state index in [1.54, 1.807) is 4.90 Å². The van der Waals surface area contributed by atoms with Crippen LogP contribution in [0, 0.1) is 5.92 Å². The molecule has 2 aliphatic rings. The number of nitrogens with zero attached hydrogens (tertiary/aromatic N) is 2. The van der Waals surface area contributed by atoms with E-state index in [0.29, 0.717) is 19.4 Å². The number of ether oxygens (including phenoxy) is 2. The van der Waals surface area contributed by atoms with Crippen molar-refractivity contribution in [1.29, 1.82) is 0 Å². The lowest BCUT2D eigenvalue weighted by molar-refractivity contribution is -0.120. The zero-order valence-corrected chi connectivity index (χ0v) is 15.8. The van der Waals surface area contributed by atoms with E-state index in [0.717, 1.165) is 12.8 Å². The molecular weight excluding hydrogens is 343 g/mol. The normalized spacial score (nSPS) is 21.2. The topological polar surface area (TPSA) is 76.2 Å². The Morgan fingerprint density at radius 2 is 1.62 bits per heavy atom. The third-order valence-corrected chi connectivity index (χ3v) is 4.77. The van der Waals surface area contributed by atoms with Gasteiger partial charge in [-0.1, -0.05) is 0 Å². The Morgan fingerprint density at radius 1 is 1.08 bits per heavy atom. The van der Waals surface area contributed by atoms with Crippen LogP contribution in [0.3, 0.4) is 0 Å². The average molecular weight is 372 g/mol. The summed E-state index contributed by atoms with van der Waals surface area (Å²) in [4.78, 5) is 37.9. The van der Waals surface area contributed by atoms with Gasteiger partial charge in [0.25, 0.3) is 0 Å². The molecule has 148 valence electrons. The van der Waals surface area contributed by atoms with Gasteiger partial charge in [-0.15, -0.1) is 0 Å². The van der Waals surface area contributed by atoms with Crippen LogP contribution < -0.4 is 0 Å². The fourth-order valence-corrected chi connectivity index (χ4v) is 3.07. The quantitative estimate of drug-likeness (QED) is 0.712. The number of piperidine rings is 2. The predicted molar refractivity (Wildman–Crippen MR) is 92.6 cm³/mol. The molecule has 2 fully saturated rings. The summed E-state index contributed by atoms with van der Waals surface area (Å²) < 4.78 is 24.5. The molecule has 0 unspecified atom stereocenters. The van der Waals surface area contributed by atoms with Crippen LogP contribution >= 0.6 is 0 Å². The molecule has 26 heavy (non-hydrogen) atoms. The molecule has 0 aromatic rings. The van der Waals surface area contributed by atoms with E-state index in [9.17, 15) is 18.8 Å². The second-order valence-electron chi connectivity index (χ2n) is 8.13. The van der Waals surface area contributed by atoms with E-state index in [2.05, 4.69) is 0 Å². The van der Waals surface area contributed by atoms with Gasteiger partial charge in [-0.3, -0.25) is 4.79 Å². The summed E-state index contributed by atoms with van der Waals surface area (Å²) in [6.45, 7) is 7.30. The third kappa shape index (κ3) is 5.85. The molecule has 0 aliphatic carbocycles. The molecule has 2 rings (SSSR count). The lowest BCUT2D eigenvalue weighted by atomic mass is 9.95. The van der Waals surface area contributed by atoms with Gasteiger partial charge in [0.2, 0.25) is 0 Å². The monoisotopic (exact) mass is 372 g/mol. The van der Waals surface area contributed by atoms with Gasteiger partial charge in [-0.25, -0.2) is 14.0 Å². The molecule has 0 atom stereocenters. The maximum Gasteiger partial charge on any atom is 0.410 e. The molecule has 0 N–H and O–H groups in total. The van der Waals surface area contributed by atoms with E-state index in [1.165, 1.54) is 4.90 Å². The van der Waals surface area contributed by atoms with Gasteiger partial charge in [0.1, 0.15) is 5.60 Å². The molecule has 0 saturated carbocycles. The summed E-state index contributed by atoms with van der Waals surface area (Å²) in [6.07, 6.45) is 1.06. The van der Waals surface area contributed by atoms with Crippen LogP contribution in [-0.2, 0) is 14.3 Å². The van der Waals surface area contributed by atoms with Crippen LogP contribution in [0.5, 0.6) is 0 Å². The molecular formula is C18H29FN2O5. The lowest BCUT2D eigenvalue weighted by Crippen LogP contribution is -2.46. The summed E-state index contributed by atoms with van der Waals surface area (Å²) >= 11 is 0. The predicted octanol–water partition coefficient (Wildman–Crippen LogP) is 2.77. The highest BCUT2D eigenvalue weighted by molar-refractivity contribution is 5.69. The second kappa shape index (κ2) is 8.22. The van der Waals surface area contributed by atoms with Crippen molar-refractivity contribution in [3.63, 3.8) is 0 Å². The zero-order chi connectivity index (χ0) is 19.4. The number of amides is 2. The first-order valence-electron chi connectivity index (χ1n) is 9.17. The summed E-state index contributed by atoms with van der Waals surface area (Å²) in [5, 5.41) is 0. The highest BCUT2D eigenvalue weighted by Crippen LogP contribution is 2.25. The third-order valence-electron chi connectivity index (χ3n) is 4.77. The number of halogens is 1. The summed E-state index contributed by atoms with van der Waals surface area (Å²) in [7, 11) is 0.